The number of hydrogen-bond donors (Lipinski definition) is 1. The van der Waals surface area contributed by atoms with E-state index in [0.717, 1.165) is 28.3 Å². The summed E-state index contributed by atoms with van der Waals surface area (Å²) in [5.41, 5.74) is 2.46. The molecule has 1 N–H and O–H groups in total. The van der Waals surface area contributed by atoms with Gasteiger partial charge in [-0.3, -0.25) is 9.10 Å². The van der Waals surface area contributed by atoms with Crippen molar-refractivity contribution >= 4 is 33.4 Å². The van der Waals surface area contributed by atoms with Crippen LogP contribution in [0, 0.1) is 13.8 Å². The summed E-state index contributed by atoms with van der Waals surface area (Å²) in [5, 5.41) is 2.80. The number of carbonyl (C=O) groups excluding carboxylic acids is 1. The Kier molecular flexibility index (Phi) is 8.40. The predicted octanol–water partition coefficient (Wildman–Crippen LogP) is 3.38. The molecule has 0 aliphatic heterocycles. The smallest absolute Gasteiger partial charge is 0.240 e. The van der Waals surface area contributed by atoms with Gasteiger partial charge in [0.05, 0.1) is 19.1 Å². The van der Waals surface area contributed by atoms with E-state index in [1.54, 1.807) is 23.9 Å². The van der Waals surface area contributed by atoms with Crippen molar-refractivity contribution in [1.82, 2.24) is 5.32 Å². The van der Waals surface area contributed by atoms with Crippen LogP contribution in [-0.4, -0.2) is 46.5 Å². The molecule has 2 aromatic rings. The molecule has 0 atom stereocenters. The maximum Gasteiger partial charge on any atom is 0.240 e. The van der Waals surface area contributed by atoms with Gasteiger partial charge in [-0.2, -0.15) is 0 Å². The Bertz CT molecular complexity index is 928. The summed E-state index contributed by atoms with van der Waals surface area (Å²) in [6.45, 7) is 4.11. The highest BCUT2D eigenvalue weighted by atomic mass is 32.2. The lowest BCUT2D eigenvalue weighted by atomic mass is 10.2. The minimum Gasteiger partial charge on any atom is -0.495 e. The number of nitrogens with zero attached hydrogens (tertiary/aromatic N) is 1. The Hall–Kier alpha value is -2.19. The van der Waals surface area contributed by atoms with Gasteiger partial charge in [-0.25, -0.2) is 8.42 Å². The van der Waals surface area contributed by atoms with Crippen LogP contribution in [0.5, 0.6) is 5.75 Å². The first-order valence-electron chi connectivity index (χ1n) is 9.29. The van der Waals surface area contributed by atoms with Crippen LogP contribution in [-0.2, 0) is 14.8 Å². The van der Waals surface area contributed by atoms with Crippen molar-refractivity contribution in [3.8, 4) is 5.75 Å². The summed E-state index contributed by atoms with van der Waals surface area (Å²) >= 11 is 1.73. The van der Waals surface area contributed by atoms with Crippen molar-refractivity contribution in [2.24, 2.45) is 0 Å². The minimum absolute atomic E-state index is 0.288. The summed E-state index contributed by atoms with van der Waals surface area (Å²) in [6, 6.07) is 13.5. The minimum atomic E-state index is -3.65. The van der Waals surface area contributed by atoms with Crippen molar-refractivity contribution in [2.45, 2.75) is 25.2 Å². The fourth-order valence-corrected chi connectivity index (χ4v) is 4.39. The zero-order valence-corrected chi connectivity index (χ0v) is 18.9. The first-order valence-corrected chi connectivity index (χ1v) is 12.1. The lowest BCUT2D eigenvalue weighted by Crippen LogP contribution is -2.40. The van der Waals surface area contributed by atoms with Crippen LogP contribution >= 0.6 is 11.8 Å². The molecule has 0 bridgehead atoms. The molecule has 0 aliphatic carbocycles. The molecule has 0 fully saturated rings. The molecule has 6 nitrogen and oxygen atoms in total. The molecule has 2 aromatic carbocycles. The number of anilines is 1. The number of methoxy groups -OCH3 is 1. The maximum absolute atomic E-state index is 12.4. The third-order valence-corrected chi connectivity index (χ3v) is 6.45. The Labute approximate surface area is 177 Å². The van der Waals surface area contributed by atoms with E-state index in [1.807, 2.05) is 13.0 Å². The average Bonchev–Trinajstić information content (AvgIpc) is 2.66. The van der Waals surface area contributed by atoms with Gasteiger partial charge in [0, 0.05) is 11.4 Å². The van der Waals surface area contributed by atoms with Crippen LogP contribution < -0.4 is 14.4 Å². The number of nitrogens with one attached hydrogen (secondary N) is 1. The van der Waals surface area contributed by atoms with Gasteiger partial charge < -0.3 is 10.1 Å². The van der Waals surface area contributed by atoms with Gasteiger partial charge in [0.15, 0.2) is 0 Å². The zero-order valence-electron chi connectivity index (χ0n) is 17.3. The monoisotopic (exact) mass is 436 g/mol. The van der Waals surface area contributed by atoms with Crippen molar-refractivity contribution in [1.29, 1.82) is 0 Å². The van der Waals surface area contributed by atoms with Crippen molar-refractivity contribution < 1.29 is 17.9 Å². The molecule has 0 aromatic heterocycles. The molecule has 29 heavy (non-hydrogen) atoms. The predicted molar refractivity (Wildman–Crippen MR) is 119 cm³/mol. The van der Waals surface area contributed by atoms with Gasteiger partial charge in [0.1, 0.15) is 12.3 Å². The number of thioether (sulfide) groups is 1. The summed E-state index contributed by atoms with van der Waals surface area (Å²) in [7, 11) is -2.18. The van der Waals surface area contributed by atoms with E-state index in [0.29, 0.717) is 18.0 Å². The molecule has 0 unspecified atom stereocenters. The summed E-state index contributed by atoms with van der Waals surface area (Å²) in [6.07, 6.45) is 1.87. The molecule has 2 rings (SSSR count). The Balaban J connectivity index is 1.90. The second-order valence-corrected chi connectivity index (χ2v) is 9.89. The van der Waals surface area contributed by atoms with Crippen LogP contribution in [0.3, 0.4) is 0 Å². The fraction of sp³-hybridized carbons (Fsp3) is 0.381. The normalized spacial score (nSPS) is 11.2. The number of benzene rings is 2. The van der Waals surface area contributed by atoms with E-state index in [4.69, 9.17) is 4.74 Å². The summed E-state index contributed by atoms with van der Waals surface area (Å²) in [4.78, 5) is 13.6. The second-order valence-electron chi connectivity index (χ2n) is 6.81. The second kappa shape index (κ2) is 10.5. The molecule has 0 saturated carbocycles. The van der Waals surface area contributed by atoms with E-state index >= 15 is 0 Å². The first kappa shape index (κ1) is 23.1. The molecule has 1 amide bonds. The standard InChI is InChI=1S/C21H28N2O4S2/c1-16-6-9-18(10-7-16)28-13-5-12-22-21(24)15-23(29(4,25)26)19-14-17(2)8-11-20(19)27-3/h6-11,14H,5,12-13,15H2,1-4H3,(H,22,24). The number of hydrogen-bond acceptors (Lipinski definition) is 5. The third-order valence-electron chi connectivity index (χ3n) is 4.22. The van der Waals surface area contributed by atoms with Gasteiger partial charge in [-0.15, -0.1) is 11.8 Å². The lowest BCUT2D eigenvalue weighted by Gasteiger charge is -2.24. The quantitative estimate of drug-likeness (QED) is 0.456. The van der Waals surface area contributed by atoms with Gasteiger partial charge in [0.25, 0.3) is 0 Å². The highest BCUT2D eigenvalue weighted by molar-refractivity contribution is 7.99. The van der Waals surface area contributed by atoms with Crippen LogP contribution in [0.25, 0.3) is 0 Å². The largest absolute Gasteiger partial charge is 0.495 e. The number of sulfonamides is 1. The number of carbonyl (C=O) groups is 1. The van der Waals surface area contributed by atoms with Crippen LogP contribution in [0.1, 0.15) is 17.5 Å². The molecule has 0 heterocycles. The van der Waals surface area contributed by atoms with Gasteiger partial charge in [0.2, 0.25) is 15.9 Å². The number of rotatable bonds is 10. The van der Waals surface area contributed by atoms with Crippen LogP contribution in [0.2, 0.25) is 0 Å². The molecule has 0 radical (unpaired) electrons. The molecular weight excluding hydrogens is 408 g/mol. The van der Waals surface area contributed by atoms with E-state index in [1.165, 1.54) is 17.6 Å². The molecule has 158 valence electrons. The summed E-state index contributed by atoms with van der Waals surface area (Å²) in [5.74, 6) is 0.924. The maximum atomic E-state index is 12.4. The van der Waals surface area contributed by atoms with Gasteiger partial charge >= 0.3 is 0 Å². The highest BCUT2D eigenvalue weighted by Crippen LogP contribution is 2.30. The molecule has 0 saturated heterocycles. The van der Waals surface area contributed by atoms with Crippen LogP contribution in [0.15, 0.2) is 47.4 Å². The topological polar surface area (TPSA) is 75.7 Å². The fourth-order valence-electron chi connectivity index (χ4n) is 2.69. The molecular formula is C21H28N2O4S2. The highest BCUT2D eigenvalue weighted by Gasteiger charge is 2.24. The van der Waals surface area contributed by atoms with Crippen LogP contribution in [0.4, 0.5) is 5.69 Å². The average molecular weight is 437 g/mol. The Morgan fingerprint density at radius 2 is 1.76 bits per heavy atom. The molecule has 8 heteroatoms. The van der Waals surface area contributed by atoms with Gasteiger partial charge in [-0.1, -0.05) is 23.8 Å². The van der Waals surface area contributed by atoms with Crippen molar-refractivity contribution in [2.75, 3.05) is 36.5 Å². The lowest BCUT2D eigenvalue weighted by molar-refractivity contribution is -0.119. The van der Waals surface area contributed by atoms with E-state index in [2.05, 4.69) is 36.5 Å². The van der Waals surface area contributed by atoms with Crippen molar-refractivity contribution in [3.05, 3.63) is 53.6 Å². The zero-order chi connectivity index (χ0) is 21.4. The molecule has 0 spiro atoms. The molecule has 0 aliphatic rings. The van der Waals surface area contributed by atoms with Gasteiger partial charge in [-0.05, 0) is 55.9 Å². The third kappa shape index (κ3) is 7.29. The summed E-state index contributed by atoms with van der Waals surface area (Å²) < 4.78 is 30.9. The first-order chi connectivity index (χ1) is 13.7. The van der Waals surface area contributed by atoms with E-state index < -0.39 is 10.0 Å². The van der Waals surface area contributed by atoms with E-state index in [9.17, 15) is 13.2 Å². The number of ether oxygens (including phenoxy) is 1. The Morgan fingerprint density at radius 1 is 1.10 bits per heavy atom. The Morgan fingerprint density at radius 3 is 2.38 bits per heavy atom. The SMILES string of the molecule is COc1ccc(C)cc1N(CC(=O)NCCCSc1ccc(C)cc1)S(C)(=O)=O. The van der Waals surface area contributed by atoms with E-state index in [-0.39, 0.29) is 12.5 Å². The van der Waals surface area contributed by atoms with Crippen molar-refractivity contribution in [3.63, 3.8) is 0 Å². The number of amides is 1. The number of aryl methyl sites for hydroxylation is 2.